The number of rotatable bonds is 8. The van der Waals surface area contributed by atoms with Gasteiger partial charge < -0.3 is 15.5 Å². The quantitative estimate of drug-likeness (QED) is 0.198. The first-order chi connectivity index (χ1) is 21.8. The molecule has 0 atom stereocenters. The van der Waals surface area contributed by atoms with Gasteiger partial charge in [-0.25, -0.2) is 0 Å². The summed E-state index contributed by atoms with van der Waals surface area (Å²) < 4.78 is 0. The summed E-state index contributed by atoms with van der Waals surface area (Å²) >= 11 is 0. The summed E-state index contributed by atoms with van der Waals surface area (Å²) in [7, 11) is 0. The van der Waals surface area contributed by atoms with Crippen molar-refractivity contribution in [3.05, 3.63) is 181 Å². The topological polar surface area (TPSA) is 32.5 Å². The highest BCUT2D eigenvalue weighted by Gasteiger charge is 2.16. The van der Waals surface area contributed by atoms with Gasteiger partial charge in [0, 0.05) is 40.7 Å². The van der Waals surface area contributed by atoms with Crippen molar-refractivity contribution in [2.75, 3.05) is 9.80 Å². The molecule has 7 aromatic carbocycles. The van der Waals surface area contributed by atoms with E-state index in [2.05, 4.69) is 180 Å². The predicted octanol–water partition coefficient (Wildman–Crippen LogP) is 10.9. The highest BCUT2D eigenvalue weighted by Crippen LogP contribution is 2.40. The van der Waals surface area contributed by atoms with Crippen molar-refractivity contribution >= 4 is 44.9 Å². The Morgan fingerprint density at radius 2 is 0.750 bits per heavy atom. The Balaban J connectivity index is 1.30. The molecular weight excluding hydrogens is 534 g/mol. The molecule has 3 nitrogen and oxygen atoms in total. The van der Waals surface area contributed by atoms with Crippen LogP contribution in [-0.2, 0) is 6.54 Å². The summed E-state index contributed by atoms with van der Waals surface area (Å²) in [5.74, 6) is 0. The Kier molecular flexibility index (Phi) is 7.61. The van der Waals surface area contributed by atoms with E-state index in [1.54, 1.807) is 0 Å². The monoisotopic (exact) mass is 567 g/mol. The zero-order valence-corrected chi connectivity index (χ0v) is 24.4. The van der Waals surface area contributed by atoms with E-state index in [0.29, 0.717) is 6.54 Å². The lowest BCUT2D eigenvalue weighted by Crippen LogP contribution is -2.12. The Morgan fingerprint density at radius 3 is 1.34 bits per heavy atom. The number of nitrogens with zero attached hydrogens (tertiary/aromatic N) is 2. The van der Waals surface area contributed by atoms with E-state index in [9.17, 15) is 0 Å². The van der Waals surface area contributed by atoms with Gasteiger partial charge in [-0.2, -0.15) is 0 Å². The fourth-order valence-corrected chi connectivity index (χ4v) is 5.75. The average molecular weight is 568 g/mol. The standard InChI is InChI=1S/C41H33N3/c42-30-31-15-20-37(21-16-31)43(36-13-5-2-6-14-36)39-25-27-40(28-26-39)44(41-24-19-33-11-7-8-12-35(33)29-41)38-22-17-34(18-23-38)32-9-3-1-4-10-32/h1-29H,30,42H2. The van der Waals surface area contributed by atoms with E-state index in [-0.39, 0.29) is 0 Å². The Labute approximate surface area is 259 Å². The summed E-state index contributed by atoms with van der Waals surface area (Å²) in [6.45, 7) is 0.525. The van der Waals surface area contributed by atoms with Crippen molar-refractivity contribution in [1.82, 2.24) is 0 Å². The number of fused-ring (bicyclic) bond motifs is 1. The van der Waals surface area contributed by atoms with Crippen LogP contribution >= 0.6 is 0 Å². The van der Waals surface area contributed by atoms with Crippen LogP contribution in [0.15, 0.2) is 176 Å². The molecule has 0 heterocycles. The minimum atomic E-state index is 0.525. The van der Waals surface area contributed by atoms with Crippen LogP contribution in [0.4, 0.5) is 34.1 Å². The minimum absolute atomic E-state index is 0.525. The van der Waals surface area contributed by atoms with E-state index >= 15 is 0 Å². The summed E-state index contributed by atoms with van der Waals surface area (Å²) in [6, 6.07) is 62.3. The van der Waals surface area contributed by atoms with E-state index < -0.39 is 0 Å². The maximum absolute atomic E-state index is 5.89. The normalized spacial score (nSPS) is 10.9. The second-order valence-corrected chi connectivity index (χ2v) is 10.8. The van der Waals surface area contributed by atoms with Crippen molar-refractivity contribution in [2.24, 2.45) is 5.73 Å². The molecule has 0 saturated carbocycles. The molecule has 0 unspecified atom stereocenters. The molecule has 7 aromatic rings. The third kappa shape index (κ3) is 5.57. The highest BCUT2D eigenvalue weighted by molar-refractivity contribution is 5.90. The first kappa shape index (κ1) is 27.2. The van der Waals surface area contributed by atoms with Gasteiger partial charge in [-0.3, -0.25) is 0 Å². The number of hydrogen-bond donors (Lipinski definition) is 1. The number of para-hydroxylation sites is 1. The van der Waals surface area contributed by atoms with Gasteiger partial charge in [0.1, 0.15) is 0 Å². The number of nitrogens with two attached hydrogens (primary N) is 1. The van der Waals surface area contributed by atoms with E-state index in [0.717, 1.165) is 39.7 Å². The third-order valence-electron chi connectivity index (χ3n) is 8.03. The molecule has 44 heavy (non-hydrogen) atoms. The Bertz CT molecular complexity index is 1970. The molecule has 0 aliphatic rings. The molecule has 0 aliphatic carbocycles. The second kappa shape index (κ2) is 12.3. The number of anilines is 6. The smallest absolute Gasteiger partial charge is 0.0468 e. The van der Waals surface area contributed by atoms with Crippen molar-refractivity contribution in [1.29, 1.82) is 0 Å². The fraction of sp³-hybridized carbons (Fsp3) is 0.0244. The van der Waals surface area contributed by atoms with Gasteiger partial charge in [0.05, 0.1) is 0 Å². The van der Waals surface area contributed by atoms with Crippen LogP contribution in [-0.4, -0.2) is 0 Å². The molecule has 0 aliphatic heterocycles. The zero-order valence-electron chi connectivity index (χ0n) is 24.4. The van der Waals surface area contributed by atoms with Gasteiger partial charge in [-0.05, 0) is 100 Å². The lowest BCUT2D eigenvalue weighted by Gasteiger charge is -2.28. The molecule has 0 saturated heterocycles. The number of hydrogen-bond acceptors (Lipinski definition) is 3. The molecule has 0 spiro atoms. The highest BCUT2D eigenvalue weighted by atomic mass is 15.2. The molecule has 0 fully saturated rings. The molecule has 0 amide bonds. The van der Waals surface area contributed by atoms with Crippen LogP contribution in [0.25, 0.3) is 21.9 Å². The molecule has 0 bridgehead atoms. The van der Waals surface area contributed by atoms with E-state index in [1.807, 2.05) is 6.07 Å². The third-order valence-corrected chi connectivity index (χ3v) is 8.03. The van der Waals surface area contributed by atoms with Crippen LogP contribution in [0.1, 0.15) is 5.56 Å². The molecule has 212 valence electrons. The lowest BCUT2D eigenvalue weighted by molar-refractivity contribution is 1.07. The van der Waals surface area contributed by atoms with Crippen LogP contribution < -0.4 is 15.5 Å². The first-order valence-corrected chi connectivity index (χ1v) is 15.0. The molecule has 3 heteroatoms. The van der Waals surface area contributed by atoms with Crippen molar-refractivity contribution in [2.45, 2.75) is 6.54 Å². The Morgan fingerprint density at radius 1 is 0.341 bits per heavy atom. The SMILES string of the molecule is NCc1ccc(N(c2ccccc2)c2ccc(N(c3ccc(-c4ccccc4)cc3)c3ccc4ccccc4c3)cc2)cc1. The largest absolute Gasteiger partial charge is 0.326 e. The van der Waals surface area contributed by atoms with Gasteiger partial charge >= 0.3 is 0 Å². The molecule has 0 aromatic heterocycles. The van der Waals surface area contributed by atoms with Crippen LogP contribution in [0.5, 0.6) is 0 Å². The molecule has 7 rings (SSSR count). The van der Waals surface area contributed by atoms with Crippen molar-refractivity contribution in [3.8, 4) is 11.1 Å². The number of benzene rings is 7. The maximum Gasteiger partial charge on any atom is 0.0468 e. The predicted molar refractivity (Wildman–Crippen MR) is 187 cm³/mol. The molecule has 0 radical (unpaired) electrons. The zero-order chi connectivity index (χ0) is 29.7. The van der Waals surface area contributed by atoms with Crippen LogP contribution in [0, 0.1) is 0 Å². The molecular formula is C41H33N3. The van der Waals surface area contributed by atoms with Gasteiger partial charge in [0.15, 0.2) is 0 Å². The van der Waals surface area contributed by atoms with Crippen molar-refractivity contribution < 1.29 is 0 Å². The van der Waals surface area contributed by atoms with E-state index in [1.165, 1.54) is 21.9 Å². The van der Waals surface area contributed by atoms with Crippen LogP contribution in [0.2, 0.25) is 0 Å². The first-order valence-electron chi connectivity index (χ1n) is 15.0. The van der Waals surface area contributed by atoms with Gasteiger partial charge in [-0.15, -0.1) is 0 Å². The van der Waals surface area contributed by atoms with E-state index in [4.69, 9.17) is 5.73 Å². The fourth-order valence-electron chi connectivity index (χ4n) is 5.75. The van der Waals surface area contributed by atoms with Gasteiger partial charge in [0.25, 0.3) is 0 Å². The van der Waals surface area contributed by atoms with Gasteiger partial charge in [0.2, 0.25) is 0 Å². The van der Waals surface area contributed by atoms with Gasteiger partial charge in [-0.1, -0.05) is 103 Å². The average Bonchev–Trinajstić information content (AvgIpc) is 3.11. The summed E-state index contributed by atoms with van der Waals surface area (Å²) in [5.41, 5.74) is 16.0. The summed E-state index contributed by atoms with van der Waals surface area (Å²) in [6.07, 6.45) is 0. The second-order valence-electron chi connectivity index (χ2n) is 10.8. The lowest BCUT2D eigenvalue weighted by atomic mass is 10.0. The summed E-state index contributed by atoms with van der Waals surface area (Å²) in [5, 5.41) is 2.44. The minimum Gasteiger partial charge on any atom is -0.326 e. The van der Waals surface area contributed by atoms with Crippen LogP contribution in [0.3, 0.4) is 0 Å². The Hall–Kier alpha value is -5.64. The van der Waals surface area contributed by atoms with Crippen molar-refractivity contribution in [3.63, 3.8) is 0 Å². The maximum atomic E-state index is 5.89. The summed E-state index contributed by atoms with van der Waals surface area (Å²) in [4.78, 5) is 4.60. The molecule has 2 N–H and O–H groups in total.